The molecular weight excluding hydrogens is 420 g/mol. The van der Waals surface area contributed by atoms with E-state index in [1.54, 1.807) is 13.8 Å². The molecule has 32 heavy (non-hydrogen) atoms. The van der Waals surface area contributed by atoms with E-state index >= 15 is 0 Å². The molecule has 6 N–H and O–H groups in total. The summed E-state index contributed by atoms with van der Waals surface area (Å²) in [6.45, 7) is 7.40. The van der Waals surface area contributed by atoms with E-state index in [2.05, 4.69) is 10.6 Å². The fourth-order valence-corrected chi connectivity index (χ4v) is 3.66. The standard InChI is InChI=1S/C21H36N4O7/c1-11(2)10-14(18(28)24-17(12(3)4)21(31)32)23-19(29)15-6-5-9-25(15)20(30)13(22)7-8-16(26)27/h11-15,17H,5-10,22H2,1-4H3,(H,23,29)(H,24,28)(H,26,27)(H,31,32). The number of hydrogen-bond acceptors (Lipinski definition) is 6. The van der Waals surface area contributed by atoms with E-state index in [1.165, 1.54) is 4.90 Å². The van der Waals surface area contributed by atoms with Gasteiger partial charge in [0.05, 0.1) is 6.04 Å². The number of nitrogens with one attached hydrogen (secondary N) is 2. The first-order valence-electron chi connectivity index (χ1n) is 11.0. The number of nitrogens with zero attached hydrogens (tertiary/aromatic N) is 1. The van der Waals surface area contributed by atoms with Crippen LogP contribution >= 0.6 is 0 Å². The third-order valence-electron chi connectivity index (χ3n) is 5.40. The molecule has 1 fully saturated rings. The van der Waals surface area contributed by atoms with Crippen LogP contribution in [0.3, 0.4) is 0 Å². The topological polar surface area (TPSA) is 179 Å². The molecule has 1 rings (SSSR count). The molecule has 11 heteroatoms. The van der Waals surface area contributed by atoms with Gasteiger partial charge in [-0.25, -0.2) is 4.79 Å². The van der Waals surface area contributed by atoms with Gasteiger partial charge < -0.3 is 31.5 Å². The van der Waals surface area contributed by atoms with Gasteiger partial charge in [0.1, 0.15) is 18.1 Å². The van der Waals surface area contributed by atoms with E-state index in [9.17, 15) is 29.1 Å². The molecule has 0 aromatic heterocycles. The highest BCUT2D eigenvalue weighted by Gasteiger charge is 2.38. The largest absolute Gasteiger partial charge is 0.481 e. The Kier molecular flexibility index (Phi) is 10.6. The number of carboxylic acid groups (broad SMARTS) is 2. The van der Waals surface area contributed by atoms with Gasteiger partial charge in [-0.3, -0.25) is 19.2 Å². The Morgan fingerprint density at radius 2 is 1.69 bits per heavy atom. The number of likely N-dealkylation sites (tertiary alicyclic amines) is 1. The minimum atomic E-state index is -1.16. The van der Waals surface area contributed by atoms with Gasteiger partial charge in [-0.1, -0.05) is 27.7 Å². The first-order valence-corrected chi connectivity index (χ1v) is 11.0. The van der Waals surface area contributed by atoms with Crippen LogP contribution in [0.2, 0.25) is 0 Å². The summed E-state index contributed by atoms with van der Waals surface area (Å²) in [6.07, 6.45) is 0.965. The lowest BCUT2D eigenvalue weighted by Gasteiger charge is -2.29. The highest BCUT2D eigenvalue weighted by atomic mass is 16.4. The zero-order valence-electron chi connectivity index (χ0n) is 19.2. The Hall–Kier alpha value is -2.69. The van der Waals surface area contributed by atoms with E-state index in [-0.39, 0.29) is 24.7 Å². The molecule has 0 bridgehead atoms. The Bertz CT molecular complexity index is 710. The molecule has 1 saturated heterocycles. The molecule has 3 amide bonds. The van der Waals surface area contributed by atoms with Gasteiger partial charge in [0.25, 0.3) is 0 Å². The van der Waals surface area contributed by atoms with Crippen molar-refractivity contribution in [3.8, 4) is 0 Å². The fourth-order valence-electron chi connectivity index (χ4n) is 3.66. The van der Waals surface area contributed by atoms with Crippen molar-refractivity contribution in [2.45, 2.75) is 84.0 Å². The molecule has 182 valence electrons. The maximum Gasteiger partial charge on any atom is 0.326 e. The predicted molar refractivity (Wildman–Crippen MR) is 115 cm³/mol. The Morgan fingerprint density at radius 1 is 1.06 bits per heavy atom. The lowest BCUT2D eigenvalue weighted by atomic mass is 10.00. The Balaban J connectivity index is 2.89. The van der Waals surface area contributed by atoms with Crippen molar-refractivity contribution in [2.24, 2.45) is 17.6 Å². The van der Waals surface area contributed by atoms with Gasteiger partial charge in [0, 0.05) is 13.0 Å². The number of carboxylic acids is 2. The minimum absolute atomic E-state index is 0.0385. The number of carbonyl (C=O) groups excluding carboxylic acids is 3. The number of carbonyl (C=O) groups is 5. The van der Waals surface area contributed by atoms with Gasteiger partial charge in [0.2, 0.25) is 17.7 Å². The van der Waals surface area contributed by atoms with Crippen molar-refractivity contribution in [3.63, 3.8) is 0 Å². The van der Waals surface area contributed by atoms with Crippen LogP contribution in [0.4, 0.5) is 0 Å². The molecule has 1 heterocycles. The molecule has 0 saturated carbocycles. The number of aliphatic carboxylic acids is 2. The fraction of sp³-hybridized carbons (Fsp3) is 0.762. The average molecular weight is 457 g/mol. The van der Waals surface area contributed by atoms with Gasteiger partial charge in [-0.2, -0.15) is 0 Å². The predicted octanol–water partition coefficient (Wildman–Crippen LogP) is -0.0742. The Morgan fingerprint density at radius 3 is 2.19 bits per heavy atom. The van der Waals surface area contributed by atoms with Crippen LogP contribution in [0.15, 0.2) is 0 Å². The smallest absolute Gasteiger partial charge is 0.326 e. The lowest BCUT2D eigenvalue weighted by molar-refractivity contribution is -0.144. The molecule has 1 aliphatic rings. The molecule has 11 nitrogen and oxygen atoms in total. The van der Waals surface area contributed by atoms with Gasteiger partial charge >= 0.3 is 11.9 Å². The zero-order chi connectivity index (χ0) is 24.6. The van der Waals surface area contributed by atoms with E-state index in [1.807, 2.05) is 13.8 Å². The van der Waals surface area contributed by atoms with E-state index in [4.69, 9.17) is 10.8 Å². The van der Waals surface area contributed by atoms with Crippen molar-refractivity contribution < 1.29 is 34.2 Å². The third kappa shape index (κ3) is 8.10. The summed E-state index contributed by atoms with van der Waals surface area (Å²) in [4.78, 5) is 61.9. The van der Waals surface area contributed by atoms with Gasteiger partial charge in [0.15, 0.2) is 0 Å². The monoisotopic (exact) mass is 456 g/mol. The van der Waals surface area contributed by atoms with Crippen LogP contribution < -0.4 is 16.4 Å². The highest BCUT2D eigenvalue weighted by Crippen LogP contribution is 2.20. The van der Waals surface area contributed by atoms with Gasteiger partial charge in [-0.05, 0) is 37.5 Å². The third-order valence-corrected chi connectivity index (χ3v) is 5.40. The van der Waals surface area contributed by atoms with Crippen molar-refractivity contribution >= 4 is 29.7 Å². The lowest BCUT2D eigenvalue weighted by Crippen LogP contribution is -2.57. The van der Waals surface area contributed by atoms with Crippen LogP contribution in [0.25, 0.3) is 0 Å². The average Bonchev–Trinajstić information content (AvgIpc) is 3.17. The van der Waals surface area contributed by atoms with Crippen LogP contribution in [0.5, 0.6) is 0 Å². The van der Waals surface area contributed by atoms with Crippen molar-refractivity contribution in [2.75, 3.05) is 6.54 Å². The number of hydrogen-bond donors (Lipinski definition) is 5. The summed E-state index contributed by atoms with van der Waals surface area (Å²) >= 11 is 0. The second-order valence-corrected chi connectivity index (χ2v) is 8.99. The highest BCUT2D eigenvalue weighted by molar-refractivity contribution is 5.94. The molecule has 0 radical (unpaired) electrons. The first-order chi connectivity index (χ1) is 14.8. The number of amides is 3. The van der Waals surface area contributed by atoms with Crippen LogP contribution in [0, 0.1) is 11.8 Å². The summed E-state index contributed by atoms with van der Waals surface area (Å²) in [5, 5.41) is 23.3. The van der Waals surface area contributed by atoms with Crippen molar-refractivity contribution in [3.05, 3.63) is 0 Å². The summed E-state index contributed by atoms with van der Waals surface area (Å²) in [5.41, 5.74) is 5.83. The van der Waals surface area contributed by atoms with Gasteiger partial charge in [-0.15, -0.1) is 0 Å². The summed E-state index contributed by atoms with van der Waals surface area (Å²) in [5.74, 6) is -4.14. The van der Waals surface area contributed by atoms with Crippen LogP contribution in [-0.4, -0.2) is 75.5 Å². The summed E-state index contributed by atoms with van der Waals surface area (Å²) < 4.78 is 0. The maximum absolute atomic E-state index is 13.0. The molecule has 1 aliphatic heterocycles. The zero-order valence-corrected chi connectivity index (χ0v) is 19.2. The quantitative estimate of drug-likeness (QED) is 0.270. The van der Waals surface area contributed by atoms with Crippen molar-refractivity contribution in [1.82, 2.24) is 15.5 Å². The Labute approximate surface area is 188 Å². The molecular formula is C21H36N4O7. The molecule has 4 atom stereocenters. The maximum atomic E-state index is 13.0. The second-order valence-electron chi connectivity index (χ2n) is 8.99. The number of nitrogens with two attached hydrogens (primary N) is 1. The molecule has 0 aromatic rings. The minimum Gasteiger partial charge on any atom is -0.481 e. The van der Waals surface area contributed by atoms with E-state index in [0.29, 0.717) is 25.8 Å². The summed E-state index contributed by atoms with van der Waals surface area (Å²) in [7, 11) is 0. The van der Waals surface area contributed by atoms with E-state index < -0.39 is 53.8 Å². The second kappa shape index (κ2) is 12.4. The molecule has 0 spiro atoms. The molecule has 0 aromatic carbocycles. The molecule has 4 unspecified atom stereocenters. The SMILES string of the molecule is CC(C)CC(NC(=O)C1CCCN1C(=O)C(N)CCC(=O)O)C(=O)NC(C(=O)O)C(C)C. The normalized spacial score (nSPS) is 18.8. The first kappa shape index (κ1) is 27.3. The van der Waals surface area contributed by atoms with Crippen LogP contribution in [0.1, 0.15) is 59.8 Å². The van der Waals surface area contributed by atoms with E-state index in [0.717, 1.165) is 0 Å². The number of rotatable bonds is 12. The van der Waals surface area contributed by atoms with Crippen LogP contribution in [-0.2, 0) is 24.0 Å². The molecule has 0 aliphatic carbocycles. The van der Waals surface area contributed by atoms with Crippen molar-refractivity contribution in [1.29, 1.82) is 0 Å². The summed E-state index contributed by atoms with van der Waals surface area (Å²) in [6, 6.07) is -3.90.